The SMILES string of the molecule is O=C(COc1ccc(OC(F)(F)F)cc1)NN=Cc1cc(Br)c(O)c(Br)c1. The summed E-state index contributed by atoms with van der Waals surface area (Å²) in [5, 5.41) is 13.4. The zero-order chi connectivity index (χ0) is 20.0. The summed E-state index contributed by atoms with van der Waals surface area (Å²) < 4.78 is 46.0. The van der Waals surface area contributed by atoms with Crippen molar-refractivity contribution >= 4 is 44.0 Å². The zero-order valence-corrected chi connectivity index (χ0v) is 16.4. The van der Waals surface area contributed by atoms with E-state index in [1.807, 2.05) is 0 Å². The van der Waals surface area contributed by atoms with Gasteiger partial charge in [0.1, 0.15) is 17.2 Å². The first-order valence-corrected chi connectivity index (χ1v) is 8.71. The monoisotopic (exact) mass is 510 g/mol. The number of hydrogen-bond donors (Lipinski definition) is 2. The lowest BCUT2D eigenvalue weighted by Crippen LogP contribution is -2.24. The zero-order valence-electron chi connectivity index (χ0n) is 13.3. The maximum absolute atomic E-state index is 12.1. The molecule has 2 rings (SSSR count). The molecule has 6 nitrogen and oxygen atoms in total. The molecule has 0 unspecified atom stereocenters. The molecule has 0 saturated heterocycles. The second-order valence-corrected chi connectivity index (χ2v) is 6.64. The van der Waals surface area contributed by atoms with E-state index >= 15 is 0 Å². The third kappa shape index (κ3) is 7.10. The van der Waals surface area contributed by atoms with Crippen molar-refractivity contribution in [3.63, 3.8) is 0 Å². The van der Waals surface area contributed by atoms with Gasteiger partial charge in [-0.05, 0) is 73.8 Å². The molecule has 0 aliphatic rings. The number of alkyl halides is 3. The Hall–Kier alpha value is -2.27. The van der Waals surface area contributed by atoms with Crippen molar-refractivity contribution in [2.45, 2.75) is 6.36 Å². The van der Waals surface area contributed by atoms with E-state index in [0.717, 1.165) is 12.1 Å². The van der Waals surface area contributed by atoms with E-state index in [-0.39, 0.29) is 18.1 Å². The Kier molecular flexibility index (Phi) is 7.08. The van der Waals surface area contributed by atoms with Crippen LogP contribution in [0.2, 0.25) is 0 Å². The molecular weight excluding hydrogens is 501 g/mol. The number of rotatable bonds is 6. The van der Waals surface area contributed by atoms with Crippen LogP contribution in [-0.4, -0.2) is 30.2 Å². The van der Waals surface area contributed by atoms with Crippen LogP contribution in [-0.2, 0) is 4.79 Å². The fourth-order valence-corrected chi connectivity index (χ4v) is 2.98. The minimum Gasteiger partial charge on any atom is -0.506 e. The van der Waals surface area contributed by atoms with E-state index in [2.05, 4.69) is 47.1 Å². The number of carbonyl (C=O) groups is 1. The van der Waals surface area contributed by atoms with Crippen LogP contribution in [0.1, 0.15) is 5.56 Å². The van der Waals surface area contributed by atoms with E-state index in [1.54, 1.807) is 12.1 Å². The Morgan fingerprint density at radius 3 is 2.26 bits per heavy atom. The highest BCUT2D eigenvalue weighted by Gasteiger charge is 2.30. The predicted octanol–water partition coefficient (Wildman–Crippen LogP) is 4.34. The quantitative estimate of drug-likeness (QED) is 0.446. The van der Waals surface area contributed by atoms with Crippen LogP contribution >= 0.6 is 31.9 Å². The van der Waals surface area contributed by atoms with Crippen molar-refractivity contribution in [2.24, 2.45) is 5.10 Å². The fourth-order valence-electron chi connectivity index (χ4n) is 1.76. The second kappa shape index (κ2) is 9.09. The number of halogens is 5. The van der Waals surface area contributed by atoms with Crippen LogP contribution in [0.4, 0.5) is 13.2 Å². The minimum absolute atomic E-state index is 0.0382. The van der Waals surface area contributed by atoms with Crippen molar-refractivity contribution in [3.8, 4) is 17.2 Å². The summed E-state index contributed by atoms with van der Waals surface area (Å²) in [5.74, 6) is -0.736. The maximum atomic E-state index is 12.1. The van der Waals surface area contributed by atoms with Gasteiger partial charge in [-0.1, -0.05) is 0 Å². The van der Waals surface area contributed by atoms with Gasteiger partial charge in [0.15, 0.2) is 6.61 Å². The van der Waals surface area contributed by atoms with Crippen LogP contribution in [0.3, 0.4) is 0 Å². The van der Waals surface area contributed by atoms with E-state index < -0.39 is 18.0 Å². The number of phenols is 1. The van der Waals surface area contributed by atoms with Crippen LogP contribution < -0.4 is 14.9 Å². The molecule has 27 heavy (non-hydrogen) atoms. The Balaban J connectivity index is 1.82. The molecule has 1 amide bonds. The van der Waals surface area contributed by atoms with Gasteiger partial charge in [0.05, 0.1) is 15.2 Å². The van der Waals surface area contributed by atoms with E-state index in [1.165, 1.54) is 18.3 Å². The predicted molar refractivity (Wildman–Crippen MR) is 97.9 cm³/mol. The van der Waals surface area contributed by atoms with Gasteiger partial charge >= 0.3 is 6.36 Å². The topological polar surface area (TPSA) is 80.2 Å². The van der Waals surface area contributed by atoms with Gasteiger partial charge in [0.2, 0.25) is 0 Å². The molecule has 2 aromatic carbocycles. The standard InChI is InChI=1S/C16H11Br2F3N2O4/c17-12-5-9(6-13(18)15(12)25)7-22-23-14(24)8-26-10-1-3-11(4-2-10)27-16(19,20)21/h1-7,25H,8H2,(H,23,24). The van der Waals surface area contributed by atoms with Crippen molar-refractivity contribution < 1.29 is 32.5 Å². The molecule has 2 aromatic rings. The van der Waals surface area contributed by atoms with Crippen LogP contribution in [0.15, 0.2) is 50.4 Å². The molecule has 0 bridgehead atoms. The fraction of sp³-hybridized carbons (Fsp3) is 0.125. The Morgan fingerprint density at radius 2 is 1.70 bits per heavy atom. The molecule has 0 aliphatic carbocycles. The second-order valence-electron chi connectivity index (χ2n) is 4.93. The number of hydrogen-bond acceptors (Lipinski definition) is 5. The van der Waals surface area contributed by atoms with E-state index in [9.17, 15) is 23.1 Å². The molecule has 0 aromatic heterocycles. The number of nitrogens with zero attached hydrogens (tertiary/aromatic N) is 1. The number of hydrazone groups is 1. The van der Waals surface area contributed by atoms with Crippen LogP contribution in [0, 0.1) is 0 Å². The molecule has 0 radical (unpaired) electrons. The Bertz CT molecular complexity index is 820. The maximum Gasteiger partial charge on any atom is 0.573 e. The summed E-state index contributed by atoms with van der Waals surface area (Å²) in [4.78, 5) is 11.7. The summed E-state index contributed by atoms with van der Waals surface area (Å²) in [5.41, 5.74) is 2.84. The molecule has 144 valence electrons. The Morgan fingerprint density at radius 1 is 1.15 bits per heavy atom. The highest BCUT2D eigenvalue weighted by atomic mass is 79.9. The van der Waals surface area contributed by atoms with Crippen molar-refractivity contribution in [3.05, 3.63) is 50.9 Å². The number of aromatic hydroxyl groups is 1. The van der Waals surface area contributed by atoms with Crippen LogP contribution in [0.5, 0.6) is 17.2 Å². The molecule has 0 heterocycles. The molecule has 0 saturated carbocycles. The summed E-state index contributed by atoms with van der Waals surface area (Å²) in [6, 6.07) is 7.80. The average Bonchev–Trinajstić information content (AvgIpc) is 2.57. The minimum atomic E-state index is -4.77. The van der Waals surface area contributed by atoms with Gasteiger partial charge in [-0.15, -0.1) is 13.2 Å². The Labute approximate surface area is 168 Å². The summed E-state index contributed by atoms with van der Waals surface area (Å²) in [7, 11) is 0. The summed E-state index contributed by atoms with van der Waals surface area (Å²) in [6.45, 7) is -0.389. The third-order valence-electron chi connectivity index (χ3n) is 2.87. The molecule has 0 fully saturated rings. The first-order chi connectivity index (χ1) is 12.6. The molecule has 2 N–H and O–H groups in total. The van der Waals surface area contributed by atoms with Crippen molar-refractivity contribution in [1.29, 1.82) is 0 Å². The van der Waals surface area contributed by atoms with Gasteiger partial charge in [-0.3, -0.25) is 4.79 Å². The smallest absolute Gasteiger partial charge is 0.506 e. The van der Waals surface area contributed by atoms with Gasteiger partial charge in [0, 0.05) is 0 Å². The third-order valence-corrected chi connectivity index (χ3v) is 4.08. The lowest BCUT2D eigenvalue weighted by molar-refractivity contribution is -0.274. The van der Waals surface area contributed by atoms with Crippen molar-refractivity contribution in [2.75, 3.05) is 6.61 Å². The van der Waals surface area contributed by atoms with Gasteiger partial charge in [-0.2, -0.15) is 5.10 Å². The lowest BCUT2D eigenvalue weighted by Gasteiger charge is -2.09. The lowest BCUT2D eigenvalue weighted by atomic mass is 10.2. The van der Waals surface area contributed by atoms with E-state index in [4.69, 9.17) is 4.74 Å². The first-order valence-electron chi connectivity index (χ1n) is 7.12. The number of phenolic OH excluding ortho intramolecular Hbond substituents is 1. The molecule has 0 aliphatic heterocycles. The number of amides is 1. The molecule has 0 atom stereocenters. The normalized spacial score (nSPS) is 11.4. The highest BCUT2D eigenvalue weighted by molar-refractivity contribution is 9.11. The molecular formula is C16H11Br2F3N2O4. The van der Waals surface area contributed by atoms with E-state index in [0.29, 0.717) is 14.5 Å². The van der Waals surface area contributed by atoms with Gasteiger partial charge in [0.25, 0.3) is 5.91 Å². The summed E-state index contributed by atoms with van der Waals surface area (Å²) in [6.07, 6.45) is -3.42. The first kappa shape index (κ1) is 21.0. The van der Waals surface area contributed by atoms with Gasteiger partial charge < -0.3 is 14.6 Å². The summed E-state index contributed by atoms with van der Waals surface area (Å²) >= 11 is 6.34. The number of benzene rings is 2. The number of ether oxygens (including phenoxy) is 2. The van der Waals surface area contributed by atoms with Gasteiger partial charge in [-0.25, -0.2) is 5.43 Å². The average molecular weight is 512 g/mol. The molecule has 0 spiro atoms. The number of carbonyl (C=O) groups excluding carboxylic acids is 1. The highest BCUT2D eigenvalue weighted by Crippen LogP contribution is 2.32. The largest absolute Gasteiger partial charge is 0.573 e. The molecule has 11 heteroatoms. The van der Waals surface area contributed by atoms with Crippen LogP contribution in [0.25, 0.3) is 0 Å². The van der Waals surface area contributed by atoms with Crippen molar-refractivity contribution in [1.82, 2.24) is 5.43 Å². The number of nitrogens with one attached hydrogen (secondary N) is 1.